The van der Waals surface area contributed by atoms with Crippen LogP contribution in [-0.4, -0.2) is 49.1 Å². The summed E-state index contributed by atoms with van der Waals surface area (Å²) in [6.07, 6.45) is 7.68. The van der Waals surface area contributed by atoms with Gasteiger partial charge in [-0.3, -0.25) is 9.59 Å². The van der Waals surface area contributed by atoms with Crippen molar-refractivity contribution < 1.29 is 23.5 Å². The molecule has 0 unspecified atom stereocenters. The van der Waals surface area contributed by atoms with E-state index >= 15 is 0 Å². The molecule has 2 aromatic rings. The van der Waals surface area contributed by atoms with Gasteiger partial charge < -0.3 is 24.1 Å². The van der Waals surface area contributed by atoms with Gasteiger partial charge in [0.2, 0.25) is 0 Å². The smallest absolute Gasteiger partial charge is 0.287 e. The predicted octanol–water partition coefficient (Wildman–Crippen LogP) is 3.95. The van der Waals surface area contributed by atoms with Crippen LogP contribution in [0.25, 0.3) is 0 Å². The fourth-order valence-corrected chi connectivity index (χ4v) is 4.35. The van der Waals surface area contributed by atoms with Crippen molar-refractivity contribution in [3.8, 4) is 11.5 Å². The Kier molecular flexibility index (Phi) is 6.49. The van der Waals surface area contributed by atoms with Crippen LogP contribution in [0.5, 0.6) is 11.5 Å². The zero-order chi connectivity index (χ0) is 21.8. The highest BCUT2D eigenvalue weighted by molar-refractivity contribution is 5.95. The van der Waals surface area contributed by atoms with Crippen LogP contribution in [-0.2, 0) is 0 Å². The Morgan fingerprint density at radius 3 is 2.45 bits per heavy atom. The molecule has 1 aliphatic heterocycles. The second-order valence-electron chi connectivity index (χ2n) is 8.36. The largest absolute Gasteiger partial charge is 0.493 e. The average molecular weight is 427 g/mol. The molecule has 0 bridgehead atoms. The number of amides is 2. The maximum Gasteiger partial charge on any atom is 0.287 e. The van der Waals surface area contributed by atoms with Crippen LogP contribution < -0.4 is 14.8 Å². The molecule has 1 aliphatic carbocycles. The molecule has 2 fully saturated rings. The molecule has 2 amide bonds. The number of hydrogen-bond donors (Lipinski definition) is 1. The molecular formula is C24H30N2O5. The summed E-state index contributed by atoms with van der Waals surface area (Å²) >= 11 is 0. The number of carbonyl (C=O) groups is 2. The van der Waals surface area contributed by atoms with E-state index in [4.69, 9.17) is 13.9 Å². The lowest BCUT2D eigenvalue weighted by Gasteiger charge is -2.32. The number of likely N-dealkylation sites (tertiary alicyclic amines) is 1. The molecule has 2 aliphatic rings. The number of benzene rings is 1. The molecule has 31 heavy (non-hydrogen) atoms. The molecular weight excluding hydrogens is 396 g/mol. The highest BCUT2D eigenvalue weighted by Gasteiger charge is 2.27. The quantitative estimate of drug-likeness (QED) is 0.756. The fourth-order valence-electron chi connectivity index (χ4n) is 4.35. The molecule has 1 aromatic heterocycles. The van der Waals surface area contributed by atoms with E-state index in [0.29, 0.717) is 48.8 Å². The first kappa shape index (κ1) is 21.3. The highest BCUT2D eigenvalue weighted by Crippen LogP contribution is 2.33. The third-order valence-electron chi connectivity index (χ3n) is 6.19. The van der Waals surface area contributed by atoms with Gasteiger partial charge in [0.25, 0.3) is 11.8 Å². The van der Waals surface area contributed by atoms with Crippen LogP contribution in [0.3, 0.4) is 0 Å². The van der Waals surface area contributed by atoms with E-state index in [1.165, 1.54) is 19.1 Å². The Balaban J connectivity index is 1.33. The Morgan fingerprint density at radius 2 is 1.81 bits per heavy atom. The van der Waals surface area contributed by atoms with E-state index in [9.17, 15) is 9.59 Å². The number of nitrogens with one attached hydrogen (secondary N) is 1. The summed E-state index contributed by atoms with van der Waals surface area (Å²) in [5.41, 5.74) is 1.41. The molecule has 0 radical (unpaired) electrons. The van der Waals surface area contributed by atoms with Crippen LogP contribution in [0.15, 0.2) is 34.9 Å². The summed E-state index contributed by atoms with van der Waals surface area (Å²) in [5, 5.41) is 3.01. The van der Waals surface area contributed by atoms with Gasteiger partial charge in [-0.1, -0.05) is 0 Å². The average Bonchev–Trinajstić information content (AvgIpc) is 3.45. The topological polar surface area (TPSA) is 81.0 Å². The van der Waals surface area contributed by atoms with Crippen LogP contribution in [0.4, 0.5) is 0 Å². The number of piperidine rings is 1. The predicted molar refractivity (Wildman–Crippen MR) is 116 cm³/mol. The third kappa shape index (κ3) is 4.86. The minimum absolute atomic E-state index is 0.0257. The number of methoxy groups -OCH3 is 1. The fraction of sp³-hybridized carbons (Fsp3) is 0.500. The van der Waals surface area contributed by atoms with E-state index in [0.717, 1.165) is 18.4 Å². The number of furan rings is 1. The molecule has 0 spiro atoms. The lowest BCUT2D eigenvalue weighted by Crippen LogP contribution is -2.46. The Morgan fingerprint density at radius 1 is 1.06 bits per heavy atom. The second kappa shape index (κ2) is 9.45. The Labute approximate surface area is 182 Å². The van der Waals surface area contributed by atoms with E-state index in [1.54, 1.807) is 19.2 Å². The number of rotatable bonds is 6. The number of hydrogen-bond acceptors (Lipinski definition) is 5. The van der Waals surface area contributed by atoms with Gasteiger partial charge in [0, 0.05) is 30.3 Å². The van der Waals surface area contributed by atoms with Gasteiger partial charge >= 0.3 is 0 Å². The van der Waals surface area contributed by atoms with Crippen molar-refractivity contribution in [3.05, 3.63) is 47.4 Å². The lowest BCUT2D eigenvalue weighted by atomic mass is 10.0. The van der Waals surface area contributed by atoms with Crippen molar-refractivity contribution in [2.24, 2.45) is 0 Å². The molecule has 4 rings (SSSR count). The Hall–Kier alpha value is -2.96. The van der Waals surface area contributed by atoms with E-state index in [-0.39, 0.29) is 24.0 Å². The normalized spacial score (nSPS) is 17.5. The molecule has 1 saturated carbocycles. The van der Waals surface area contributed by atoms with E-state index < -0.39 is 0 Å². The second-order valence-corrected chi connectivity index (χ2v) is 8.36. The van der Waals surface area contributed by atoms with Crippen molar-refractivity contribution in [1.82, 2.24) is 10.2 Å². The van der Waals surface area contributed by atoms with Gasteiger partial charge in [0.1, 0.15) is 0 Å². The maximum absolute atomic E-state index is 13.0. The molecule has 1 saturated heterocycles. The first-order valence-electron chi connectivity index (χ1n) is 11.0. The Bertz CT molecular complexity index is 924. The minimum Gasteiger partial charge on any atom is -0.493 e. The summed E-state index contributed by atoms with van der Waals surface area (Å²) in [6.45, 7) is 3.02. The van der Waals surface area contributed by atoms with Gasteiger partial charge in [0.05, 0.1) is 19.5 Å². The molecule has 0 atom stereocenters. The first-order valence-corrected chi connectivity index (χ1v) is 11.0. The summed E-state index contributed by atoms with van der Waals surface area (Å²) in [4.78, 5) is 27.2. The van der Waals surface area contributed by atoms with Gasteiger partial charge in [-0.25, -0.2) is 0 Å². The first-order chi connectivity index (χ1) is 15.0. The summed E-state index contributed by atoms with van der Waals surface area (Å²) in [7, 11) is 1.60. The molecule has 7 nitrogen and oxygen atoms in total. The number of nitrogens with zero attached hydrogens (tertiary/aromatic N) is 1. The van der Waals surface area contributed by atoms with Gasteiger partial charge in [-0.2, -0.15) is 0 Å². The van der Waals surface area contributed by atoms with Crippen LogP contribution >= 0.6 is 0 Å². The zero-order valence-electron chi connectivity index (χ0n) is 18.2. The van der Waals surface area contributed by atoms with Crippen LogP contribution in [0.2, 0.25) is 0 Å². The van der Waals surface area contributed by atoms with E-state index in [1.807, 2.05) is 24.0 Å². The number of carbonyl (C=O) groups excluding carboxylic acids is 2. The van der Waals surface area contributed by atoms with Crippen LogP contribution in [0, 0.1) is 6.92 Å². The number of ether oxygens (including phenoxy) is 2. The van der Waals surface area contributed by atoms with Crippen molar-refractivity contribution in [2.45, 2.75) is 57.6 Å². The molecule has 166 valence electrons. The van der Waals surface area contributed by atoms with Crippen molar-refractivity contribution in [2.75, 3.05) is 20.2 Å². The minimum atomic E-state index is -0.199. The summed E-state index contributed by atoms with van der Waals surface area (Å²) in [6, 6.07) is 7.21. The van der Waals surface area contributed by atoms with Crippen LogP contribution in [0.1, 0.15) is 65.0 Å². The monoisotopic (exact) mass is 426 g/mol. The van der Waals surface area contributed by atoms with Gasteiger partial charge in [-0.15, -0.1) is 0 Å². The SMILES string of the molecule is COc1cc(C(=O)N2CCC(NC(=O)c3occc3C)CC2)ccc1OC1CCCC1. The summed E-state index contributed by atoms with van der Waals surface area (Å²) in [5.74, 6) is 1.41. The molecule has 2 heterocycles. The molecule has 1 N–H and O–H groups in total. The lowest BCUT2D eigenvalue weighted by molar-refractivity contribution is 0.0695. The van der Waals surface area contributed by atoms with E-state index in [2.05, 4.69) is 5.32 Å². The van der Waals surface area contributed by atoms with Crippen molar-refractivity contribution >= 4 is 11.8 Å². The van der Waals surface area contributed by atoms with Gasteiger partial charge in [0.15, 0.2) is 17.3 Å². The van der Waals surface area contributed by atoms with Gasteiger partial charge in [-0.05, 0) is 69.7 Å². The maximum atomic E-state index is 13.0. The number of aryl methyl sites for hydroxylation is 1. The summed E-state index contributed by atoms with van der Waals surface area (Å²) < 4.78 is 16.8. The molecule has 1 aromatic carbocycles. The van der Waals surface area contributed by atoms with Crippen molar-refractivity contribution in [3.63, 3.8) is 0 Å². The standard InChI is InChI=1S/C24H30N2O5/c1-16-11-14-30-22(16)23(27)25-18-9-12-26(13-10-18)24(28)17-7-8-20(21(15-17)29-2)31-19-5-3-4-6-19/h7-8,11,14-15,18-19H,3-6,9-10,12-13H2,1-2H3,(H,25,27). The highest BCUT2D eigenvalue weighted by atomic mass is 16.5. The third-order valence-corrected chi connectivity index (χ3v) is 6.19. The molecule has 7 heteroatoms. The van der Waals surface area contributed by atoms with Crippen molar-refractivity contribution in [1.29, 1.82) is 0 Å². The zero-order valence-corrected chi connectivity index (χ0v) is 18.2.